The molecule has 0 unspecified atom stereocenters. The average molecular weight is 438 g/mol. The first-order chi connectivity index (χ1) is 13.0. The molecular weight excluding hydrogens is 417 g/mol. The Morgan fingerprint density at radius 1 is 0.964 bits per heavy atom. The van der Waals surface area contributed by atoms with Crippen LogP contribution in [0.1, 0.15) is 18.1 Å². The largest absolute Gasteiger partial charge is 0.512 e. The SMILES string of the molecule is CC(O)=C(C(N)=O)C(=NB(c1ccc(C)cc1)c1ccc(C)cc1)C(Cl)(Cl)Cl. The number of amides is 1. The van der Waals surface area contributed by atoms with Crippen molar-refractivity contribution in [1.82, 2.24) is 0 Å². The predicted octanol–water partition coefficient (Wildman–Crippen LogP) is 3.54. The molecule has 2 aromatic rings. The van der Waals surface area contributed by atoms with E-state index in [9.17, 15) is 9.90 Å². The molecule has 0 aromatic heterocycles. The molecule has 4 nitrogen and oxygen atoms in total. The van der Waals surface area contributed by atoms with E-state index in [0.717, 1.165) is 22.1 Å². The summed E-state index contributed by atoms with van der Waals surface area (Å²) in [5, 5.41) is 9.97. The van der Waals surface area contributed by atoms with E-state index < -0.39 is 16.5 Å². The minimum absolute atomic E-state index is 0.212. The van der Waals surface area contributed by atoms with Gasteiger partial charge in [0.1, 0.15) is 11.3 Å². The summed E-state index contributed by atoms with van der Waals surface area (Å²) in [4.78, 5) is 16.5. The Labute approximate surface area is 180 Å². The second-order valence-corrected chi connectivity index (χ2v) is 8.81. The van der Waals surface area contributed by atoms with Gasteiger partial charge in [0.05, 0.1) is 5.71 Å². The molecule has 0 saturated heterocycles. The number of hydrogen-bond acceptors (Lipinski definition) is 3. The van der Waals surface area contributed by atoms with Crippen molar-refractivity contribution < 1.29 is 9.90 Å². The fourth-order valence-corrected chi connectivity index (χ4v) is 3.14. The third-order valence-electron chi connectivity index (χ3n) is 4.16. The van der Waals surface area contributed by atoms with Gasteiger partial charge in [0.25, 0.3) is 5.91 Å². The van der Waals surface area contributed by atoms with Crippen LogP contribution in [0.4, 0.5) is 0 Å². The summed E-state index contributed by atoms with van der Waals surface area (Å²) in [5.41, 5.74) is 8.72. The van der Waals surface area contributed by atoms with Crippen LogP contribution in [-0.4, -0.2) is 27.4 Å². The molecule has 0 atom stereocenters. The molecule has 2 aromatic carbocycles. The number of nitrogens with two attached hydrogens (primary N) is 1. The number of halogens is 3. The average Bonchev–Trinajstić information content (AvgIpc) is 2.59. The van der Waals surface area contributed by atoms with Crippen molar-refractivity contribution in [2.75, 3.05) is 0 Å². The molecule has 0 aliphatic heterocycles. The predicted molar refractivity (Wildman–Crippen MR) is 120 cm³/mol. The summed E-state index contributed by atoms with van der Waals surface area (Å²) < 4.78 is -2.07. The molecule has 146 valence electrons. The van der Waals surface area contributed by atoms with Crippen LogP contribution in [-0.2, 0) is 4.79 Å². The highest BCUT2D eigenvalue weighted by Crippen LogP contribution is 2.32. The second-order valence-electron chi connectivity index (χ2n) is 6.52. The van der Waals surface area contributed by atoms with Crippen LogP contribution in [0.2, 0.25) is 0 Å². The van der Waals surface area contributed by atoms with Gasteiger partial charge < -0.3 is 15.7 Å². The van der Waals surface area contributed by atoms with Crippen LogP contribution < -0.4 is 16.7 Å². The number of primary amides is 1. The summed E-state index contributed by atoms with van der Waals surface area (Å²) >= 11 is 18.3. The molecule has 28 heavy (non-hydrogen) atoms. The summed E-state index contributed by atoms with van der Waals surface area (Å²) in [6.45, 7) is 4.67. The van der Waals surface area contributed by atoms with Crippen LogP contribution in [0, 0.1) is 13.8 Å². The highest BCUT2D eigenvalue weighted by molar-refractivity contribution is 6.87. The van der Waals surface area contributed by atoms with E-state index in [1.807, 2.05) is 62.4 Å². The van der Waals surface area contributed by atoms with Gasteiger partial charge in [0, 0.05) is 0 Å². The van der Waals surface area contributed by atoms with Crippen LogP contribution >= 0.6 is 34.8 Å². The maximum absolute atomic E-state index is 11.9. The number of rotatable bonds is 5. The fourth-order valence-electron chi connectivity index (χ4n) is 2.71. The number of aliphatic hydroxyl groups excluding tert-OH is 1. The lowest BCUT2D eigenvalue weighted by Gasteiger charge is -2.20. The maximum atomic E-state index is 11.9. The Balaban J connectivity index is 2.75. The smallest absolute Gasteiger partial charge is 0.344 e. The molecule has 0 bridgehead atoms. The van der Waals surface area contributed by atoms with Crippen molar-refractivity contribution in [2.45, 2.75) is 24.6 Å². The highest BCUT2D eigenvalue weighted by Gasteiger charge is 2.36. The number of hydrogen-bond donors (Lipinski definition) is 2. The van der Waals surface area contributed by atoms with Crippen molar-refractivity contribution in [2.24, 2.45) is 10.6 Å². The van der Waals surface area contributed by atoms with Crippen LogP contribution in [0.5, 0.6) is 0 Å². The van der Waals surface area contributed by atoms with Gasteiger partial charge in [-0.05, 0) is 31.7 Å². The lowest BCUT2D eigenvalue weighted by atomic mass is 9.51. The van der Waals surface area contributed by atoms with E-state index in [1.165, 1.54) is 6.92 Å². The zero-order valence-corrected chi connectivity index (χ0v) is 18.0. The van der Waals surface area contributed by atoms with Gasteiger partial charge >= 0.3 is 6.85 Å². The normalized spacial score (nSPS) is 13.1. The highest BCUT2D eigenvalue weighted by atomic mass is 35.6. The molecule has 0 aliphatic carbocycles. The zero-order valence-electron chi connectivity index (χ0n) is 15.7. The number of carbonyl (C=O) groups is 1. The van der Waals surface area contributed by atoms with E-state index in [4.69, 9.17) is 40.5 Å². The molecule has 0 heterocycles. The van der Waals surface area contributed by atoms with Gasteiger partial charge in [-0.1, -0.05) is 94.5 Å². The Hall–Kier alpha value is -1.95. The van der Waals surface area contributed by atoms with E-state index in [-0.39, 0.29) is 17.0 Å². The molecule has 0 fully saturated rings. The van der Waals surface area contributed by atoms with Crippen molar-refractivity contribution in [3.05, 3.63) is 71.0 Å². The van der Waals surface area contributed by atoms with Crippen LogP contribution in [0.15, 0.2) is 64.8 Å². The molecule has 3 N–H and O–H groups in total. The van der Waals surface area contributed by atoms with Gasteiger partial charge in [-0.25, -0.2) is 0 Å². The number of benzene rings is 2. The standard InChI is InChI=1S/C20H20BCl3N2O2/c1-12-4-8-15(9-5-12)21(16-10-6-13(2)7-11-16)26-18(20(22,23)24)17(14(3)27)19(25)28/h4-11,27H,1-3H3,(H2,25,28). The number of allylic oxidation sites excluding steroid dienone is 1. The quantitative estimate of drug-likeness (QED) is 0.247. The van der Waals surface area contributed by atoms with Gasteiger partial charge in [0.15, 0.2) is 0 Å². The lowest BCUT2D eigenvalue weighted by Crippen LogP contribution is -2.44. The minimum atomic E-state index is -2.07. The molecule has 2 rings (SSSR count). The minimum Gasteiger partial charge on any atom is -0.512 e. The Morgan fingerprint density at radius 3 is 1.64 bits per heavy atom. The van der Waals surface area contributed by atoms with E-state index in [1.54, 1.807) is 0 Å². The number of alkyl halides is 3. The fraction of sp³-hybridized carbons (Fsp3) is 0.200. The Kier molecular flexibility index (Phi) is 7.21. The molecule has 8 heteroatoms. The van der Waals surface area contributed by atoms with Gasteiger partial charge in [-0.3, -0.25) is 4.79 Å². The van der Waals surface area contributed by atoms with Crippen molar-refractivity contribution in [1.29, 1.82) is 0 Å². The van der Waals surface area contributed by atoms with Crippen molar-refractivity contribution >= 4 is 64.2 Å². The van der Waals surface area contributed by atoms with E-state index in [0.29, 0.717) is 0 Å². The Morgan fingerprint density at radius 2 is 1.36 bits per heavy atom. The summed E-state index contributed by atoms with van der Waals surface area (Å²) in [7, 11) is 0. The zero-order chi connectivity index (χ0) is 21.1. The number of carbonyl (C=O) groups excluding carboxylic acids is 1. The Bertz CT molecular complexity index is 868. The molecule has 0 saturated carbocycles. The second kappa shape index (κ2) is 9.04. The monoisotopic (exact) mass is 436 g/mol. The first kappa shape index (κ1) is 22.3. The molecule has 0 aliphatic rings. The number of aliphatic hydroxyl groups is 1. The third kappa shape index (κ3) is 5.54. The van der Waals surface area contributed by atoms with E-state index >= 15 is 0 Å². The third-order valence-corrected chi connectivity index (χ3v) is 4.69. The lowest BCUT2D eigenvalue weighted by molar-refractivity contribution is -0.114. The number of aryl methyl sites for hydroxylation is 2. The molecule has 1 amide bonds. The first-order valence-corrected chi connectivity index (χ1v) is 9.62. The van der Waals surface area contributed by atoms with Gasteiger partial charge in [-0.2, -0.15) is 0 Å². The molecular formula is C20H20BCl3N2O2. The van der Waals surface area contributed by atoms with Crippen LogP contribution in [0.3, 0.4) is 0 Å². The topological polar surface area (TPSA) is 75.7 Å². The van der Waals surface area contributed by atoms with Gasteiger partial charge in [-0.15, -0.1) is 0 Å². The van der Waals surface area contributed by atoms with Gasteiger partial charge in [0.2, 0.25) is 3.79 Å². The van der Waals surface area contributed by atoms with Crippen LogP contribution in [0.25, 0.3) is 0 Å². The first-order valence-electron chi connectivity index (χ1n) is 8.49. The summed E-state index contributed by atoms with van der Waals surface area (Å²) in [6.07, 6.45) is 0. The van der Waals surface area contributed by atoms with Crippen molar-refractivity contribution in [3.63, 3.8) is 0 Å². The number of nitrogens with zero attached hydrogens (tertiary/aromatic N) is 1. The summed E-state index contributed by atoms with van der Waals surface area (Å²) in [6, 6.07) is 15.5. The molecule has 0 spiro atoms. The summed E-state index contributed by atoms with van der Waals surface area (Å²) in [5.74, 6) is -1.30. The maximum Gasteiger partial charge on any atom is 0.344 e. The molecule has 0 radical (unpaired) electrons. The van der Waals surface area contributed by atoms with Crippen molar-refractivity contribution in [3.8, 4) is 0 Å². The van der Waals surface area contributed by atoms with E-state index in [2.05, 4.69) is 4.90 Å².